The zero-order valence-electron chi connectivity index (χ0n) is 14.3. The number of benzene rings is 1. The molecule has 2 heterocycles. The van der Waals surface area contributed by atoms with Gasteiger partial charge in [0.05, 0.1) is 24.9 Å². The predicted molar refractivity (Wildman–Crippen MR) is 96.0 cm³/mol. The summed E-state index contributed by atoms with van der Waals surface area (Å²) in [7, 11) is 0. The first-order valence-electron chi connectivity index (χ1n) is 8.13. The quantitative estimate of drug-likeness (QED) is 0.751. The Morgan fingerprint density at radius 1 is 1.16 bits per heavy atom. The third kappa shape index (κ3) is 4.23. The van der Waals surface area contributed by atoms with Crippen LogP contribution in [0.2, 0.25) is 0 Å². The van der Waals surface area contributed by atoms with E-state index in [4.69, 9.17) is 4.74 Å². The van der Waals surface area contributed by atoms with E-state index in [9.17, 15) is 4.79 Å². The highest BCUT2D eigenvalue weighted by atomic mass is 16.5. The van der Waals surface area contributed by atoms with Gasteiger partial charge < -0.3 is 10.1 Å². The van der Waals surface area contributed by atoms with E-state index < -0.39 is 0 Å². The second-order valence-electron chi connectivity index (χ2n) is 5.55. The van der Waals surface area contributed by atoms with Crippen LogP contribution in [0.1, 0.15) is 18.3 Å². The molecular formula is C19H20N4O2. The maximum absolute atomic E-state index is 12.2. The van der Waals surface area contributed by atoms with Crippen molar-refractivity contribution in [2.24, 2.45) is 0 Å². The van der Waals surface area contributed by atoms with Gasteiger partial charge in [0, 0.05) is 12.4 Å². The minimum Gasteiger partial charge on any atom is -0.494 e. The molecule has 6 nitrogen and oxygen atoms in total. The van der Waals surface area contributed by atoms with Crippen LogP contribution in [0.15, 0.2) is 55.0 Å². The molecular weight excluding hydrogens is 316 g/mol. The molecule has 0 aliphatic rings. The first-order chi connectivity index (χ1) is 12.2. The molecule has 6 heteroatoms. The Bertz CT molecular complexity index is 839. The maximum Gasteiger partial charge on any atom is 0.228 e. The number of hydrogen-bond donors (Lipinski definition) is 1. The van der Waals surface area contributed by atoms with Gasteiger partial charge >= 0.3 is 0 Å². The number of pyridine rings is 1. The number of rotatable bonds is 6. The number of hydrogen-bond acceptors (Lipinski definition) is 4. The lowest BCUT2D eigenvalue weighted by molar-refractivity contribution is -0.115. The van der Waals surface area contributed by atoms with Gasteiger partial charge in [-0.3, -0.25) is 9.36 Å². The first kappa shape index (κ1) is 16.7. The van der Waals surface area contributed by atoms with Crippen LogP contribution >= 0.6 is 0 Å². The van der Waals surface area contributed by atoms with Crippen LogP contribution in [-0.2, 0) is 11.2 Å². The van der Waals surface area contributed by atoms with Crippen LogP contribution in [0, 0.1) is 6.92 Å². The van der Waals surface area contributed by atoms with Crippen molar-refractivity contribution in [1.29, 1.82) is 0 Å². The summed E-state index contributed by atoms with van der Waals surface area (Å²) in [5, 5.41) is 2.86. The molecule has 0 atom stereocenters. The Morgan fingerprint density at radius 3 is 2.56 bits per heavy atom. The third-order valence-electron chi connectivity index (χ3n) is 3.70. The standard InChI is InChI=1S/C19H20N4O2/c1-3-25-17-7-4-15(5-8-17)12-19(24)22-16-6-9-18(21-13-16)23-11-10-20-14(23)2/h4-11,13H,3,12H2,1-2H3,(H,22,24). The van der Waals surface area contributed by atoms with Gasteiger partial charge in [-0.1, -0.05) is 12.1 Å². The fourth-order valence-electron chi connectivity index (χ4n) is 2.48. The summed E-state index contributed by atoms with van der Waals surface area (Å²) in [6.45, 7) is 4.48. The molecule has 0 fully saturated rings. The van der Waals surface area contributed by atoms with Crippen molar-refractivity contribution in [3.63, 3.8) is 0 Å². The van der Waals surface area contributed by atoms with E-state index in [0.29, 0.717) is 18.7 Å². The van der Waals surface area contributed by atoms with Crippen molar-refractivity contribution in [3.8, 4) is 11.6 Å². The van der Waals surface area contributed by atoms with Crippen LogP contribution in [0.4, 0.5) is 5.69 Å². The summed E-state index contributed by atoms with van der Waals surface area (Å²) in [5.74, 6) is 2.35. The molecule has 0 saturated heterocycles. The Balaban J connectivity index is 1.60. The summed E-state index contributed by atoms with van der Waals surface area (Å²) in [6, 6.07) is 11.2. The number of nitrogens with zero attached hydrogens (tertiary/aromatic N) is 3. The molecule has 128 valence electrons. The van der Waals surface area contributed by atoms with Gasteiger partial charge in [0.15, 0.2) is 0 Å². The highest BCUT2D eigenvalue weighted by Gasteiger charge is 2.06. The zero-order chi connectivity index (χ0) is 17.6. The SMILES string of the molecule is CCOc1ccc(CC(=O)Nc2ccc(-n3ccnc3C)nc2)cc1. The molecule has 0 bridgehead atoms. The molecule has 0 aliphatic carbocycles. The normalized spacial score (nSPS) is 10.5. The Kier molecular flexibility index (Phi) is 5.09. The molecule has 0 spiro atoms. The number of aryl methyl sites for hydroxylation is 1. The van der Waals surface area contributed by atoms with Gasteiger partial charge in [-0.2, -0.15) is 0 Å². The van der Waals surface area contributed by atoms with Gasteiger partial charge in [-0.25, -0.2) is 9.97 Å². The van der Waals surface area contributed by atoms with E-state index in [1.54, 1.807) is 12.4 Å². The monoisotopic (exact) mass is 336 g/mol. The maximum atomic E-state index is 12.2. The summed E-state index contributed by atoms with van der Waals surface area (Å²) in [4.78, 5) is 20.7. The number of ether oxygens (including phenoxy) is 1. The highest BCUT2D eigenvalue weighted by molar-refractivity contribution is 5.92. The lowest BCUT2D eigenvalue weighted by Crippen LogP contribution is -2.14. The Hall–Kier alpha value is -3.15. The molecule has 3 rings (SSSR count). The minimum atomic E-state index is -0.0856. The van der Waals surface area contributed by atoms with Crippen molar-refractivity contribution in [2.45, 2.75) is 20.3 Å². The number of imidazole rings is 1. The number of aromatic nitrogens is 3. The van der Waals surface area contributed by atoms with Crippen molar-refractivity contribution < 1.29 is 9.53 Å². The number of carbonyl (C=O) groups is 1. The van der Waals surface area contributed by atoms with E-state index in [1.807, 2.05) is 61.0 Å². The molecule has 1 amide bonds. The van der Waals surface area contributed by atoms with E-state index in [2.05, 4.69) is 15.3 Å². The largest absolute Gasteiger partial charge is 0.494 e. The van der Waals surface area contributed by atoms with E-state index in [-0.39, 0.29) is 5.91 Å². The molecule has 3 aromatic rings. The Labute approximate surface area is 146 Å². The molecule has 1 aromatic carbocycles. The summed E-state index contributed by atoms with van der Waals surface area (Å²) >= 11 is 0. The second-order valence-corrected chi connectivity index (χ2v) is 5.55. The van der Waals surface area contributed by atoms with E-state index >= 15 is 0 Å². The summed E-state index contributed by atoms with van der Waals surface area (Å²) < 4.78 is 7.28. The van der Waals surface area contributed by atoms with Crippen LogP contribution in [0.25, 0.3) is 5.82 Å². The van der Waals surface area contributed by atoms with Gasteiger partial charge in [0.25, 0.3) is 0 Å². The molecule has 1 N–H and O–H groups in total. The lowest BCUT2D eigenvalue weighted by atomic mass is 10.1. The summed E-state index contributed by atoms with van der Waals surface area (Å²) in [5.41, 5.74) is 1.59. The van der Waals surface area contributed by atoms with Crippen molar-refractivity contribution in [1.82, 2.24) is 14.5 Å². The molecule has 0 unspecified atom stereocenters. The molecule has 25 heavy (non-hydrogen) atoms. The smallest absolute Gasteiger partial charge is 0.228 e. The second kappa shape index (κ2) is 7.61. The molecule has 0 aliphatic heterocycles. The average molecular weight is 336 g/mol. The number of amides is 1. The minimum absolute atomic E-state index is 0.0856. The average Bonchev–Trinajstić information content (AvgIpc) is 3.03. The predicted octanol–water partition coefficient (Wildman–Crippen LogP) is 3.16. The van der Waals surface area contributed by atoms with Crippen LogP contribution in [0.3, 0.4) is 0 Å². The zero-order valence-corrected chi connectivity index (χ0v) is 14.3. The Morgan fingerprint density at radius 2 is 1.96 bits per heavy atom. The van der Waals surface area contributed by atoms with Crippen LogP contribution in [-0.4, -0.2) is 27.0 Å². The third-order valence-corrected chi connectivity index (χ3v) is 3.70. The van der Waals surface area contributed by atoms with Crippen molar-refractivity contribution in [2.75, 3.05) is 11.9 Å². The van der Waals surface area contributed by atoms with Crippen molar-refractivity contribution >= 4 is 11.6 Å². The van der Waals surface area contributed by atoms with Gasteiger partial charge in [-0.15, -0.1) is 0 Å². The number of carbonyl (C=O) groups excluding carboxylic acids is 1. The number of anilines is 1. The van der Waals surface area contributed by atoms with Crippen LogP contribution < -0.4 is 10.1 Å². The highest BCUT2D eigenvalue weighted by Crippen LogP contribution is 2.14. The molecule has 0 radical (unpaired) electrons. The van der Waals surface area contributed by atoms with Gasteiger partial charge in [0.1, 0.15) is 17.4 Å². The summed E-state index contributed by atoms with van der Waals surface area (Å²) in [6.07, 6.45) is 5.52. The van der Waals surface area contributed by atoms with Gasteiger partial charge in [0.2, 0.25) is 5.91 Å². The molecule has 0 saturated carbocycles. The fraction of sp³-hybridized carbons (Fsp3) is 0.211. The first-order valence-corrected chi connectivity index (χ1v) is 8.13. The lowest BCUT2D eigenvalue weighted by Gasteiger charge is -2.08. The molecule has 2 aromatic heterocycles. The van der Waals surface area contributed by atoms with E-state index in [1.165, 1.54) is 0 Å². The van der Waals surface area contributed by atoms with E-state index in [0.717, 1.165) is 23.0 Å². The van der Waals surface area contributed by atoms with Crippen molar-refractivity contribution in [3.05, 3.63) is 66.4 Å². The van der Waals surface area contributed by atoms with Crippen LogP contribution in [0.5, 0.6) is 5.75 Å². The number of nitrogens with one attached hydrogen (secondary N) is 1. The topological polar surface area (TPSA) is 69.0 Å². The van der Waals surface area contributed by atoms with Gasteiger partial charge in [-0.05, 0) is 43.7 Å². The fourth-order valence-corrected chi connectivity index (χ4v) is 2.48.